The van der Waals surface area contributed by atoms with Crippen LogP contribution in [0.25, 0.3) is 0 Å². The third-order valence-corrected chi connectivity index (χ3v) is 4.36. The smallest absolute Gasteiger partial charge is 0.341 e. The minimum absolute atomic E-state index is 0.0669. The maximum Gasteiger partial charge on any atom is 0.341 e. The Hall–Kier alpha value is -1.15. The average Bonchev–Trinajstić information content (AvgIpc) is 2.36. The first kappa shape index (κ1) is 14.9. The number of carbonyl (C=O) groups is 1. The van der Waals surface area contributed by atoms with E-state index in [9.17, 15) is 22.0 Å². The van der Waals surface area contributed by atoms with Crippen LogP contribution in [0.3, 0.4) is 0 Å². The number of rotatable bonds is 5. The van der Waals surface area contributed by atoms with Gasteiger partial charge in [0.2, 0.25) is 9.84 Å². The van der Waals surface area contributed by atoms with Crippen LogP contribution in [-0.2, 0) is 19.4 Å². The summed E-state index contributed by atoms with van der Waals surface area (Å²) in [7, 11) is -3.31. The summed E-state index contributed by atoms with van der Waals surface area (Å²) in [4.78, 5) is 11.0. The zero-order chi connectivity index (χ0) is 13.8. The highest BCUT2D eigenvalue weighted by Gasteiger charge is 2.26. The molecule has 0 fully saturated rings. The lowest BCUT2D eigenvalue weighted by Gasteiger charge is -2.04. The highest BCUT2D eigenvalue weighted by molar-refractivity contribution is 8.00. The number of sulfone groups is 1. The van der Waals surface area contributed by atoms with Crippen LogP contribution in [0.4, 0.5) is 8.78 Å². The first-order valence-corrected chi connectivity index (χ1v) is 7.23. The van der Waals surface area contributed by atoms with Gasteiger partial charge in [0.05, 0.1) is 17.8 Å². The molecule has 100 valence electrons. The number of alkyl halides is 2. The van der Waals surface area contributed by atoms with Crippen LogP contribution < -0.4 is 0 Å². The van der Waals surface area contributed by atoms with Crippen LogP contribution in [0, 0.1) is 0 Å². The third kappa shape index (κ3) is 3.67. The fourth-order valence-electron chi connectivity index (χ4n) is 1.03. The number of benzene rings is 1. The molecule has 0 spiro atoms. The SMILES string of the molecule is COC(=O)CSc1ccc(S(=O)(=O)C(F)F)cc1. The van der Waals surface area contributed by atoms with Crippen molar-refractivity contribution in [1.82, 2.24) is 0 Å². The number of carbonyl (C=O) groups excluding carboxylic acids is 1. The van der Waals surface area contributed by atoms with Gasteiger partial charge in [-0.25, -0.2) is 8.42 Å². The lowest BCUT2D eigenvalue weighted by atomic mass is 10.4. The van der Waals surface area contributed by atoms with E-state index in [0.717, 1.165) is 23.9 Å². The van der Waals surface area contributed by atoms with Crippen LogP contribution >= 0.6 is 11.8 Å². The Labute approximate surface area is 107 Å². The van der Waals surface area contributed by atoms with Crippen molar-refractivity contribution in [3.63, 3.8) is 0 Å². The molecule has 0 heterocycles. The predicted octanol–water partition coefficient (Wildman–Crippen LogP) is 1.95. The Kier molecular flexibility index (Phi) is 5.09. The summed E-state index contributed by atoms with van der Waals surface area (Å²) in [5.74, 6) is -3.80. The van der Waals surface area contributed by atoms with Crippen molar-refractivity contribution in [2.75, 3.05) is 12.9 Å². The fourth-order valence-corrected chi connectivity index (χ4v) is 2.48. The zero-order valence-corrected chi connectivity index (χ0v) is 10.9. The van der Waals surface area contributed by atoms with Crippen LogP contribution in [0.2, 0.25) is 0 Å². The van der Waals surface area contributed by atoms with E-state index in [0.29, 0.717) is 4.90 Å². The molecule has 0 radical (unpaired) electrons. The molecular formula is C10H10F2O4S2. The Morgan fingerprint density at radius 2 is 1.89 bits per heavy atom. The summed E-state index contributed by atoms with van der Waals surface area (Å²) in [6.07, 6.45) is 0. The van der Waals surface area contributed by atoms with Gasteiger partial charge in [-0.15, -0.1) is 11.8 Å². The topological polar surface area (TPSA) is 60.4 Å². The molecule has 0 aliphatic rings. The van der Waals surface area contributed by atoms with Crippen LogP contribution in [0.5, 0.6) is 0 Å². The molecule has 0 atom stereocenters. The molecule has 0 aliphatic carbocycles. The lowest BCUT2D eigenvalue weighted by molar-refractivity contribution is -0.137. The third-order valence-electron chi connectivity index (χ3n) is 1.97. The molecule has 0 saturated heterocycles. The molecule has 0 aliphatic heterocycles. The maximum atomic E-state index is 12.2. The van der Waals surface area contributed by atoms with Gasteiger partial charge in [-0.2, -0.15) is 8.78 Å². The van der Waals surface area contributed by atoms with Crippen LogP contribution in [0.1, 0.15) is 0 Å². The Morgan fingerprint density at radius 1 is 1.33 bits per heavy atom. The van der Waals surface area contributed by atoms with Crippen LogP contribution in [-0.4, -0.2) is 33.0 Å². The average molecular weight is 296 g/mol. The molecule has 8 heteroatoms. The van der Waals surface area contributed by atoms with Crippen molar-refractivity contribution in [2.45, 2.75) is 15.5 Å². The van der Waals surface area contributed by atoms with E-state index >= 15 is 0 Å². The van der Waals surface area contributed by atoms with E-state index in [2.05, 4.69) is 4.74 Å². The van der Waals surface area contributed by atoms with Gasteiger partial charge in [-0.05, 0) is 24.3 Å². The molecule has 1 aromatic carbocycles. The van der Waals surface area contributed by atoms with Crippen molar-refractivity contribution >= 4 is 27.6 Å². The summed E-state index contributed by atoms with van der Waals surface area (Å²) in [6.45, 7) is 0. The van der Waals surface area contributed by atoms with Gasteiger partial charge in [-0.3, -0.25) is 4.79 Å². The van der Waals surface area contributed by atoms with E-state index in [1.165, 1.54) is 19.2 Å². The highest BCUT2D eigenvalue weighted by atomic mass is 32.2. The first-order valence-electron chi connectivity index (χ1n) is 4.69. The lowest BCUT2D eigenvalue weighted by Crippen LogP contribution is -2.11. The number of ether oxygens (including phenoxy) is 1. The second-order valence-electron chi connectivity index (χ2n) is 3.14. The standard InChI is InChI=1S/C10H10F2O4S2/c1-16-9(13)6-17-7-2-4-8(5-3-7)18(14,15)10(11)12/h2-5,10H,6H2,1H3. The summed E-state index contributed by atoms with van der Waals surface area (Å²) >= 11 is 1.12. The van der Waals surface area contributed by atoms with E-state index in [1.54, 1.807) is 0 Å². The predicted molar refractivity (Wildman–Crippen MR) is 62.4 cm³/mol. The van der Waals surface area contributed by atoms with E-state index in [1.807, 2.05) is 0 Å². The van der Waals surface area contributed by atoms with E-state index < -0.39 is 26.5 Å². The Balaban J connectivity index is 2.78. The van der Waals surface area contributed by atoms with Gasteiger partial charge in [0.25, 0.3) is 0 Å². The number of hydrogen-bond donors (Lipinski definition) is 0. The van der Waals surface area contributed by atoms with Gasteiger partial charge in [0.15, 0.2) is 0 Å². The molecular weight excluding hydrogens is 286 g/mol. The van der Waals surface area contributed by atoms with Crippen LogP contribution in [0.15, 0.2) is 34.1 Å². The molecule has 18 heavy (non-hydrogen) atoms. The highest BCUT2D eigenvalue weighted by Crippen LogP contribution is 2.23. The minimum Gasteiger partial charge on any atom is -0.468 e. The van der Waals surface area contributed by atoms with Gasteiger partial charge in [0, 0.05) is 4.90 Å². The van der Waals surface area contributed by atoms with Crippen molar-refractivity contribution in [2.24, 2.45) is 0 Å². The van der Waals surface area contributed by atoms with Crippen molar-refractivity contribution in [3.05, 3.63) is 24.3 Å². The summed E-state index contributed by atoms with van der Waals surface area (Å²) in [5, 5.41) is 0. The number of methoxy groups -OCH3 is 1. The molecule has 0 N–H and O–H groups in total. The quantitative estimate of drug-likeness (QED) is 0.614. The number of halogens is 2. The van der Waals surface area contributed by atoms with Gasteiger partial charge in [-0.1, -0.05) is 0 Å². The first-order chi connectivity index (χ1) is 8.37. The largest absolute Gasteiger partial charge is 0.468 e. The normalized spacial score (nSPS) is 11.6. The molecule has 0 unspecified atom stereocenters. The second kappa shape index (κ2) is 6.14. The molecule has 0 amide bonds. The summed E-state index contributed by atoms with van der Waals surface area (Å²) in [5.41, 5.74) is 0. The fraction of sp³-hybridized carbons (Fsp3) is 0.300. The Bertz CT molecular complexity index is 511. The molecule has 1 rings (SSSR count). The molecule has 0 bridgehead atoms. The molecule has 1 aromatic rings. The minimum atomic E-state index is -4.56. The molecule has 4 nitrogen and oxygen atoms in total. The summed E-state index contributed by atoms with van der Waals surface area (Å²) in [6, 6.07) is 4.90. The van der Waals surface area contributed by atoms with E-state index in [4.69, 9.17) is 0 Å². The number of thioether (sulfide) groups is 1. The summed E-state index contributed by atoms with van der Waals surface area (Å²) < 4.78 is 51.2. The van der Waals surface area contributed by atoms with Gasteiger partial charge in [0.1, 0.15) is 0 Å². The van der Waals surface area contributed by atoms with Gasteiger partial charge >= 0.3 is 11.7 Å². The van der Waals surface area contributed by atoms with Gasteiger partial charge < -0.3 is 4.74 Å². The van der Waals surface area contributed by atoms with E-state index in [-0.39, 0.29) is 5.75 Å². The van der Waals surface area contributed by atoms with Crippen molar-refractivity contribution in [1.29, 1.82) is 0 Å². The molecule has 0 saturated carbocycles. The number of hydrogen-bond acceptors (Lipinski definition) is 5. The van der Waals surface area contributed by atoms with Crippen molar-refractivity contribution < 1.29 is 26.7 Å². The number of esters is 1. The second-order valence-corrected chi connectivity index (χ2v) is 6.11. The van der Waals surface area contributed by atoms with Crippen molar-refractivity contribution in [3.8, 4) is 0 Å². The zero-order valence-electron chi connectivity index (χ0n) is 9.30. The molecule has 0 aromatic heterocycles. The Morgan fingerprint density at radius 3 is 2.33 bits per heavy atom. The maximum absolute atomic E-state index is 12.2. The monoisotopic (exact) mass is 296 g/mol.